The van der Waals surface area contributed by atoms with E-state index in [1.54, 1.807) is 0 Å². The molecule has 0 spiro atoms. The molecule has 36 heavy (non-hydrogen) atoms. The number of imidazole rings is 1. The lowest BCUT2D eigenvalue weighted by Gasteiger charge is -2.15. The van der Waals surface area contributed by atoms with Crippen molar-refractivity contribution in [3.8, 4) is 5.69 Å². The summed E-state index contributed by atoms with van der Waals surface area (Å²) in [7, 11) is -1.16. The molecule has 0 radical (unpaired) electrons. The van der Waals surface area contributed by atoms with Crippen LogP contribution in [0.5, 0.6) is 0 Å². The van der Waals surface area contributed by atoms with Crippen LogP contribution in [-0.4, -0.2) is 39.1 Å². The molecule has 0 unspecified atom stereocenters. The number of halogens is 1. The summed E-state index contributed by atoms with van der Waals surface area (Å²) in [5, 5.41) is 19.0. The second-order valence-corrected chi connectivity index (χ2v) is 16.6. The molecule has 0 amide bonds. The zero-order chi connectivity index (χ0) is 25.3. The van der Waals surface area contributed by atoms with Gasteiger partial charge in [-0.15, -0.1) is 0 Å². The number of nitrogens with one attached hydrogen (secondary N) is 1. The Morgan fingerprint density at radius 3 is 2.53 bits per heavy atom. The summed E-state index contributed by atoms with van der Waals surface area (Å²) < 4.78 is 11.0. The van der Waals surface area contributed by atoms with Gasteiger partial charge < -0.3 is 15.2 Å². The van der Waals surface area contributed by atoms with Gasteiger partial charge in [0.05, 0.1) is 23.2 Å². The van der Waals surface area contributed by atoms with E-state index >= 15 is 0 Å². The van der Waals surface area contributed by atoms with E-state index in [4.69, 9.17) is 14.8 Å². The maximum Gasteiger partial charge on any atom is 0.214 e. The minimum atomic E-state index is -1.16. The zero-order valence-corrected chi connectivity index (χ0v) is 23.3. The molecular weight excluding hydrogens is 534 g/mol. The Bertz CT molecular complexity index is 1510. The van der Waals surface area contributed by atoms with E-state index in [0.717, 1.165) is 50.3 Å². The molecule has 5 rings (SSSR count). The molecule has 0 bridgehead atoms. The van der Waals surface area contributed by atoms with Crippen molar-refractivity contribution in [2.75, 3.05) is 11.9 Å². The molecular formula is C27H30BrN5O2Si. The van der Waals surface area contributed by atoms with Crippen LogP contribution in [0.1, 0.15) is 5.56 Å². The number of aliphatic hydroxyl groups excluding tert-OH is 1. The van der Waals surface area contributed by atoms with Gasteiger partial charge in [0.15, 0.2) is 5.82 Å². The number of fused-ring (bicyclic) bond motifs is 2. The normalized spacial score (nSPS) is 12.0. The van der Waals surface area contributed by atoms with Crippen molar-refractivity contribution in [2.45, 2.75) is 39.0 Å². The fourth-order valence-electron chi connectivity index (χ4n) is 4.12. The highest BCUT2D eigenvalue weighted by molar-refractivity contribution is 9.10. The van der Waals surface area contributed by atoms with Crippen LogP contribution in [0, 0.1) is 0 Å². The highest BCUT2D eigenvalue weighted by Crippen LogP contribution is 2.32. The van der Waals surface area contributed by atoms with Gasteiger partial charge in [-0.25, -0.2) is 9.67 Å². The highest BCUT2D eigenvalue weighted by Gasteiger charge is 2.18. The van der Waals surface area contributed by atoms with E-state index in [-0.39, 0.29) is 6.61 Å². The molecule has 5 aromatic rings. The average Bonchev–Trinajstić information content (AvgIpc) is 3.38. The van der Waals surface area contributed by atoms with Crippen molar-refractivity contribution in [1.82, 2.24) is 19.3 Å². The molecule has 0 saturated carbocycles. The lowest BCUT2D eigenvalue weighted by Crippen LogP contribution is -2.22. The van der Waals surface area contributed by atoms with Crippen LogP contribution in [0.3, 0.4) is 0 Å². The standard InChI is InChI=1S/C27H30BrN5O2Si/c1-36(2,3)14-13-35-18-32-24-12-10-20(28)16-22(24)26(31-32)30-27-29-23-15-19(17-34)9-11-25(23)33(27)21-7-5-4-6-8-21/h4-12,15-16,34H,13-14,17-18H2,1-3H3,(H,29,30,31). The van der Waals surface area contributed by atoms with Gasteiger partial charge in [0.25, 0.3) is 0 Å². The first-order valence-electron chi connectivity index (χ1n) is 12.0. The second kappa shape index (κ2) is 10.2. The first kappa shape index (κ1) is 24.7. The number of ether oxygens (including phenoxy) is 1. The van der Waals surface area contributed by atoms with Crippen molar-refractivity contribution in [3.63, 3.8) is 0 Å². The molecule has 0 atom stereocenters. The van der Waals surface area contributed by atoms with Gasteiger partial charge in [-0.2, -0.15) is 5.10 Å². The Kier molecular flexibility index (Phi) is 6.98. The molecule has 2 aromatic heterocycles. The van der Waals surface area contributed by atoms with Crippen LogP contribution in [0.4, 0.5) is 11.8 Å². The number of para-hydroxylation sites is 1. The molecule has 186 valence electrons. The lowest BCUT2D eigenvalue weighted by molar-refractivity contribution is 0.0819. The summed E-state index contributed by atoms with van der Waals surface area (Å²) in [5.41, 5.74) is 4.53. The van der Waals surface area contributed by atoms with E-state index in [0.29, 0.717) is 18.5 Å². The quantitative estimate of drug-likeness (QED) is 0.154. The predicted octanol–water partition coefficient (Wildman–Crippen LogP) is 6.69. The average molecular weight is 565 g/mol. The molecule has 0 aliphatic carbocycles. The third-order valence-corrected chi connectivity index (χ3v) is 8.27. The minimum Gasteiger partial charge on any atom is -0.392 e. The van der Waals surface area contributed by atoms with Gasteiger partial charge in [-0.05, 0) is 54.1 Å². The molecule has 0 aliphatic rings. The first-order valence-corrected chi connectivity index (χ1v) is 16.5. The summed E-state index contributed by atoms with van der Waals surface area (Å²) in [6.07, 6.45) is 0. The smallest absolute Gasteiger partial charge is 0.214 e. The molecule has 0 saturated heterocycles. The van der Waals surface area contributed by atoms with Crippen molar-refractivity contribution in [1.29, 1.82) is 0 Å². The number of aromatic nitrogens is 4. The van der Waals surface area contributed by atoms with E-state index in [1.165, 1.54) is 0 Å². The van der Waals surface area contributed by atoms with Gasteiger partial charge in [-0.3, -0.25) is 4.57 Å². The molecule has 0 aliphatic heterocycles. The monoisotopic (exact) mass is 563 g/mol. The third kappa shape index (κ3) is 5.24. The molecule has 2 N–H and O–H groups in total. The van der Waals surface area contributed by atoms with Gasteiger partial charge in [0, 0.05) is 30.2 Å². The highest BCUT2D eigenvalue weighted by atomic mass is 79.9. The van der Waals surface area contributed by atoms with Crippen molar-refractivity contribution in [2.24, 2.45) is 0 Å². The zero-order valence-electron chi connectivity index (χ0n) is 20.7. The fourth-order valence-corrected chi connectivity index (χ4v) is 5.24. The van der Waals surface area contributed by atoms with Crippen LogP contribution in [0.15, 0.2) is 71.2 Å². The number of rotatable bonds is 9. The summed E-state index contributed by atoms with van der Waals surface area (Å²) in [6, 6.07) is 23.2. The minimum absolute atomic E-state index is 0.0301. The number of nitrogens with zero attached hydrogens (tertiary/aromatic N) is 4. The molecule has 0 fully saturated rings. The number of benzene rings is 3. The Balaban J connectivity index is 1.55. The van der Waals surface area contributed by atoms with E-state index in [1.807, 2.05) is 65.3 Å². The first-order chi connectivity index (χ1) is 17.3. The maximum atomic E-state index is 9.63. The van der Waals surface area contributed by atoms with Gasteiger partial charge in [0.2, 0.25) is 5.95 Å². The van der Waals surface area contributed by atoms with Crippen LogP contribution in [-0.2, 0) is 18.1 Å². The SMILES string of the molecule is C[Si](C)(C)CCOCn1nc(Nc2nc3cc(CO)ccc3n2-c2ccccc2)c2cc(Br)ccc21. The summed E-state index contributed by atoms with van der Waals surface area (Å²) in [5.74, 6) is 1.35. The van der Waals surface area contributed by atoms with Crippen LogP contribution >= 0.6 is 15.9 Å². The molecule has 9 heteroatoms. The van der Waals surface area contributed by atoms with Crippen LogP contribution < -0.4 is 5.32 Å². The van der Waals surface area contributed by atoms with Crippen molar-refractivity contribution in [3.05, 3.63) is 76.8 Å². The summed E-state index contributed by atoms with van der Waals surface area (Å²) >= 11 is 3.61. The third-order valence-electron chi connectivity index (χ3n) is 6.07. The number of hydrogen-bond acceptors (Lipinski definition) is 5. The van der Waals surface area contributed by atoms with E-state index < -0.39 is 8.07 Å². The fraction of sp³-hybridized carbons (Fsp3) is 0.259. The molecule has 3 aromatic carbocycles. The largest absolute Gasteiger partial charge is 0.392 e. The van der Waals surface area contributed by atoms with Crippen molar-refractivity contribution >= 4 is 57.7 Å². The van der Waals surface area contributed by atoms with Gasteiger partial charge in [0.1, 0.15) is 6.73 Å². The Morgan fingerprint density at radius 1 is 1.00 bits per heavy atom. The van der Waals surface area contributed by atoms with Crippen LogP contribution in [0.2, 0.25) is 25.7 Å². The van der Waals surface area contributed by atoms with E-state index in [2.05, 4.69) is 51.5 Å². The number of anilines is 2. The molecule has 2 heterocycles. The number of aliphatic hydroxyl groups is 1. The lowest BCUT2D eigenvalue weighted by atomic mass is 10.2. The Morgan fingerprint density at radius 2 is 1.78 bits per heavy atom. The predicted molar refractivity (Wildman–Crippen MR) is 152 cm³/mol. The van der Waals surface area contributed by atoms with Gasteiger partial charge >= 0.3 is 0 Å². The Labute approximate surface area is 219 Å². The van der Waals surface area contributed by atoms with E-state index in [9.17, 15) is 5.11 Å². The second-order valence-electron chi connectivity index (χ2n) is 10.1. The molecule has 7 nitrogen and oxygen atoms in total. The summed E-state index contributed by atoms with van der Waals surface area (Å²) in [6.45, 7) is 8.13. The Hall–Kier alpha value is -2.98. The topological polar surface area (TPSA) is 77.1 Å². The number of hydrogen-bond donors (Lipinski definition) is 2. The van der Waals surface area contributed by atoms with Gasteiger partial charge in [-0.1, -0.05) is 59.8 Å². The maximum absolute atomic E-state index is 9.63. The van der Waals surface area contributed by atoms with Crippen molar-refractivity contribution < 1.29 is 9.84 Å². The van der Waals surface area contributed by atoms with Crippen LogP contribution in [0.25, 0.3) is 27.6 Å². The summed E-state index contributed by atoms with van der Waals surface area (Å²) in [4.78, 5) is 4.89.